The molecule has 0 spiro atoms. The minimum atomic E-state index is -0.659. The smallest absolute Gasteiger partial charge is 0.131 e. The zero-order valence-electron chi connectivity index (χ0n) is 11.6. The predicted molar refractivity (Wildman–Crippen MR) is 73.0 cm³/mol. The summed E-state index contributed by atoms with van der Waals surface area (Å²) in [7, 11) is 0. The van der Waals surface area contributed by atoms with Crippen molar-refractivity contribution in [2.75, 3.05) is 19.6 Å². The van der Waals surface area contributed by atoms with Crippen LogP contribution >= 0.6 is 0 Å². The first-order valence-electron chi connectivity index (χ1n) is 6.98. The number of hydrogen-bond donors (Lipinski definition) is 1. The van der Waals surface area contributed by atoms with Gasteiger partial charge in [0.25, 0.3) is 0 Å². The number of benzene rings is 1. The Balaban J connectivity index is 1.93. The summed E-state index contributed by atoms with van der Waals surface area (Å²) in [5.74, 6) is -1.32. The van der Waals surface area contributed by atoms with Crippen LogP contribution < -0.4 is 5.32 Å². The van der Waals surface area contributed by atoms with Crippen LogP contribution in [0.2, 0.25) is 0 Å². The van der Waals surface area contributed by atoms with Crippen LogP contribution in [0.25, 0.3) is 0 Å². The molecule has 0 saturated carbocycles. The van der Waals surface area contributed by atoms with E-state index in [1.807, 2.05) is 0 Å². The summed E-state index contributed by atoms with van der Waals surface area (Å²) in [6, 6.07) is 4.35. The lowest BCUT2D eigenvalue weighted by atomic mass is 10.1. The fourth-order valence-electron chi connectivity index (χ4n) is 2.74. The maximum Gasteiger partial charge on any atom is 0.131 e. The average Bonchev–Trinajstić information content (AvgIpc) is 2.89. The van der Waals surface area contributed by atoms with Gasteiger partial charge in [-0.25, -0.2) is 8.78 Å². The Bertz CT molecular complexity index is 487. The fraction of sp³-hybridized carbons (Fsp3) is 0.533. The zero-order chi connectivity index (χ0) is 14.5. The van der Waals surface area contributed by atoms with Crippen molar-refractivity contribution in [3.63, 3.8) is 0 Å². The first kappa shape index (κ1) is 14.9. The summed E-state index contributed by atoms with van der Waals surface area (Å²) < 4.78 is 27.4. The summed E-state index contributed by atoms with van der Waals surface area (Å²) in [6.45, 7) is 5.11. The molecule has 0 aliphatic carbocycles. The van der Waals surface area contributed by atoms with E-state index >= 15 is 0 Å². The fourth-order valence-corrected chi connectivity index (χ4v) is 2.74. The van der Waals surface area contributed by atoms with Crippen molar-refractivity contribution in [3.05, 3.63) is 34.9 Å². The van der Waals surface area contributed by atoms with Gasteiger partial charge < -0.3 is 5.32 Å². The molecule has 1 saturated heterocycles. The Labute approximate surface area is 118 Å². The molecule has 1 aromatic rings. The second kappa shape index (κ2) is 6.78. The van der Waals surface area contributed by atoms with Gasteiger partial charge in [-0.2, -0.15) is 5.26 Å². The molecule has 1 atom stereocenters. The van der Waals surface area contributed by atoms with Gasteiger partial charge in [-0.15, -0.1) is 0 Å². The molecule has 1 unspecified atom stereocenters. The third-order valence-electron chi connectivity index (χ3n) is 3.86. The van der Waals surface area contributed by atoms with Gasteiger partial charge in [0, 0.05) is 24.7 Å². The molecule has 20 heavy (non-hydrogen) atoms. The van der Waals surface area contributed by atoms with Crippen LogP contribution in [-0.2, 0) is 6.54 Å². The van der Waals surface area contributed by atoms with Crippen molar-refractivity contribution in [3.8, 4) is 6.07 Å². The molecule has 0 radical (unpaired) electrons. The Morgan fingerprint density at radius 3 is 2.70 bits per heavy atom. The van der Waals surface area contributed by atoms with Gasteiger partial charge in [-0.3, -0.25) is 4.90 Å². The number of nitrogens with zero attached hydrogens (tertiary/aromatic N) is 2. The van der Waals surface area contributed by atoms with E-state index in [0.717, 1.165) is 38.2 Å². The number of hydrogen-bond acceptors (Lipinski definition) is 3. The van der Waals surface area contributed by atoms with E-state index in [4.69, 9.17) is 5.26 Å². The molecule has 2 rings (SSSR count). The van der Waals surface area contributed by atoms with E-state index in [-0.39, 0.29) is 17.7 Å². The zero-order valence-corrected chi connectivity index (χ0v) is 11.6. The number of likely N-dealkylation sites (N-methyl/N-ethyl adjacent to an activating group) is 1. The van der Waals surface area contributed by atoms with E-state index in [1.54, 1.807) is 6.07 Å². The monoisotopic (exact) mass is 279 g/mol. The third kappa shape index (κ3) is 3.33. The number of halogens is 2. The number of likely N-dealkylation sites (tertiary alicyclic amines) is 1. The van der Waals surface area contributed by atoms with E-state index in [9.17, 15) is 8.78 Å². The van der Waals surface area contributed by atoms with E-state index in [0.29, 0.717) is 6.04 Å². The third-order valence-corrected chi connectivity index (χ3v) is 3.86. The molecule has 1 aliphatic rings. The van der Waals surface area contributed by atoms with Crippen molar-refractivity contribution in [1.82, 2.24) is 10.2 Å². The largest absolute Gasteiger partial charge is 0.311 e. The molecule has 0 amide bonds. The topological polar surface area (TPSA) is 39.1 Å². The molecule has 1 N–H and O–H groups in total. The van der Waals surface area contributed by atoms with Crippen molar-refractivity contribution in [1.29, 1.82) is 5.26 Å². The molecule has 108 valence electrons. The average molecular weight is 279 g/mol. The second-order valence-corrected chi connectivity index (χ2v) is 5.09. The van der Waals surface area contributed by atoms with Crippen LogP contribution in [0.4, 0.5) is 8.78 Å². The van der Waals surface area contributed by atoms with Crippen molar-refractivity contribution < 1.29 is 8.78 Å². The summed E-state index contributed by atoms with van der Waals surface area (Å²) in [4.78, 5) is 2.37. The second-order valence-electron chi connectivity index (χ2n) is 5.09. The first-order valence-corrected chi connectivity index (χ1v) is 6.98. The van der Waals surface area contributed by atoms with Crippen molar-refractivity contribution >= 4 is 0 Å². The maximum absolute atomic E-state index is 13.7. The molecule has 5 heteroatoms. The van der Waals surface area contributed by atoms with E-state index in [2.05, 4.69) is 17.1 Å². The number of rotatable bonds is 5. The van der Waals surface area contributed by atoms with Gasteiger partial charge in [0.05, 0.1) is 11.6 Å². The minimum absolute atomic E-state index is 0.00467. The van der Waals surface area contributed by atoms with Crippen LogP contribution in [0.1, 0.15) is 30.9 Å². The quantitative estimate of drug-likeness (QED) is 0.899. The molecule has 0 aromatic heterocycles. The summed E-state index contributed by atoms with van der Waals surface area (Å²) in [5, 5.41) is 11.8. The maximum atomic E-state index is 13.7. The van der Waals surface area contributed by atoms with Gasteiger partial charge in [0.15, 0.2) is 0 Å². The lowest BCUT2D eigenvalue weighted by molar-refractivity contribution is 0.259. The standard InChI is InChI=1S/C15H19F2N3/c1-2-20-5-3-4-12(20)9-19-10-13-14(16)6-11(8-18)7-15(13)17/h6-7,12,19H,2-5,9-10H2,1H3. The first-order chi connectivity index (χ1) is 9.65. The van der Waals surface area contributed by atoms with Crippen LogP contribution in [0.15, 0.2) is 12.1 Å². The number of nitrogens with one attached hydrogen (secondary N) is 1. The van der Waals surface area contributed by atoms with Gasteiger partial charge >= 0.3 is 0 Å². The van der Waals surface area contributed by atoms with Crippen LogP contribution in [0, 0.1) is 23.0 Å². The Morgan fingerprint density at radius 2 is 2.10 bits per heavy atom. The highest BCUT2D eigenvalue weighted by atomic mass is 19.1. The summed E-state index contributed by atoms with van der Waals surface area (Å²) in [5.41, 5.74) is 0.0155. The normalized spacial score (nSPS) is 19.2. The highest BCUT2D eigenvalue weighted by Gasteiger charge is 2.22. The minimum Gasteiger partial charge on any atom is -0.311 e. The van der Waals surface area contributed by atoms with Crippen LogP contribution in [0.5, 0.6) is 0 Å². The van der Waals surface area contributed by atoms with E-state index in [1.165, 1.54) is 6.42 Å². The summed E-state index contributed by atoms with van der Waals surface area (Å²) >= 11 is 0. The molecular formula is C15H19F2N3. The molecular weight excluding hydrogens is 260 g/mol. The molecule has 3 nitrogen and oxygen atoms in total. The highest BCUT2D eigenvalue weighted by molar-refractivity contribution is 5.34. The van der Waals surface area contributed by atoms with Crippen LogP contribution in [0.3, 0.4) is 0 Å². The van der Waals surface area contributed by atoms with Gasteiger partial charge in [0.1, 0.15) is 11.6 Å². The SMILES string of the molecule is CCN1CCCC1CNCc1c(F)cc(C#N)cc1F. The molecule has 0 bridgehead atoms. The van der Waals surface area contributed by atoms with Crippen LogP contribution in [-0.4, -0.2) is 30.6 Å². The highest BCUT2D eigenvalue weighted by Crippen LogP contribution is 2.17. The molecule has 1 heterocycles. The predicted octanol–water partition coefficient (Wildman–Crippen LogP) is 2.41. The Kier molecular flexibility index (Phi) is 5.05. The van der Waals surface area contributed by atoms with Gasteiger partial charge in [-0.1, -0.05) is 6.92 Å². The molecule has 1 fully saturated rings. The molecule has 1 aliphatic heterocycles. The Hall–Kier alpha value is -1.51. The van der Waals surface area contributed by atoms with E-state index < -0.39 is 11.6 Å². The van der Waals surface area contributed by atoms with Crippen molar-refractivity contribution in [2.24, 2.45) is 0 Å². The lowest BCUT2D eigenvalue weighted by Crippen LogP contribution is -2.37. The van der Waals surface area contributed by atoms with Gasteiger partial charge in [0.2, 0.25) is 0 Å². The summed E-state index contributed by atoms with van der Waals surface area (Å²) in [6.07, 6.45) is 2.30. The van der Waals surface area contributed by atoms with Crippen molar-refractivity contribution in [2.45, 2.75) is 32.4 Å². The van der Waals surface area contributed by atoms with Gasteiger partial charge in [-0.05, 0) is 38.1 Å². The molecule has 1 aromatic carbocycles. The number of nitriles is 1. The lowest BCUT2D eigenvalue weighted by Gasteiger charge is -2.23. The Morgan fingerprint density at radius 1 is 1.40 bits per heavy atom.